The second-order valence-electron chi connectivity index (χ2n) is 9.23. The molecule has 0 aliphatic rings. The van der Waals surface area contributed by atoms with Crippen LogP contribution >= 0.6 is 0 Å². The number of fused-ring (bicyclic) bond motifs is 4. The Hall–Kier alpha value is -4.96. The summed E-state index contributed by atoms with van der Waals surface area (Å²) in [5.41, 5.74) is 3.43. The lowest BCUT2D eigenvalue weighted by molar-refractivity contribution is 0.0738. The number of hydrogen-bond acceptors (Lipinski definition) is 4. The van der Waals surface area contributed by atoms with Crippen molar-refractivity contribution < 1.29 is 19.1 Å². The SMILES string of the molecule is COc1cccc2c(-c3ccccc3C=O)c(OC(=O)c3cc4c(C)cccc4c4ccccc34)ccc12. The molecule has 38 heavy (non-hydrogen) atoms. The van der Waals surface area contributed by atoms with Gasteiger partial charge in [0.15, 0.2) is 6.29 Å². The van der Waals surface area contributed by atoms with E-state index < -0.39 is 5.97 Å². The topological polar surface area (TPSA) is 52.6 Å². The predicted octanol–water partition coefficient (Wildman–Crippen LogP) is 8.16. The number of esters is 1. The number of benzene rings is 6. The largest absolute Gasteiger partial charge is 0.496 e. The Labute approximate surface area is 220 Å². The average molecular weight is 497 g/mol. The van der Waals surface area contributed by atoms with Crippen molar-refractivity contribution in [3.8, 4) is 22.6 Å². The molecule has 0 spiro atoms. The zero-order valence-electron chi connectivity index (χ0n) is 21.0. The lowest BCUT2D eigenvalue weighted by Crippen LogP contribution is -2.10. The molecule has 0 fully saturated rings. The fourth-order valence-electron chi connectivity index (χ4n) is 5.28. The summed E-state index contributed by atoms with van der Waals surface area (Å²) in [6.07, 6.45) is 0.819. The lowest BCUT2D eigenvalue weighted by Gasteiger charge is -2.17. The minimum absolute atomic E-state index is 0.374. The van der Waals surface area contributed by atoms with E-state index in [1.807, 2.05) is 91.9 Å². The van der Waals surface area contributed by atoms with Crippen molar-refractivity contribution in [2.24, 2.45) is 0 Å². The smallest absolute Gasteiger partial charge is 0.344 e. The molecule has 0 heterocycles. The van der Waals surface area contributed by atoms with E-state index in [-0.39, 0.29) is 0 Å². The van der Waals surface area contributed by atoms with Crippen LogP contribution in [0.25, 0.3) is 43.4 Å². The summed E-state index contributed by atoms with van der Waals surface area (Å²) in [4.78, 5) is 25.8. The summed E-state index contributed by atoms with van der Waals surface area (Å²) in [6, 6.07) is 32.6. The van der Waals surface area contributed by atoms with Crippen LogP contribution in [0, 0.1) is 6.92 Å². The molecule has 6 aromatic rings. The maximum Gasteiger partial charge on any atom is 0.344 e. The van der Waals surface area contributed by atoms with Crippen LogP contribution in [0.4, 0.5) is 0 Å². The van der Waals surface area contributed by atoms with Crippen molar-refractivity contribution in [3.63, 3.8) is 0 Å². The van der Waals surface area contributed by atoms with Gasteiger partial charge in [0, 0.05) is 16.5 Å². The molecule has 0 N–H and O–H groups in total. The summed E-state index contributed by atoms with van der Waals surface area (Å²) in [5, 5.41) is 5.60. The second-order valence-corrected chi connectivity index (χ2v) is 9.23. The molecule has 0 aliphatic heterocycles. The van der Waals surface area contributed by atoms with Gasteiger partial charge in [0.2, 0.25) is 0 Å². The molecule has 4 nitrogen and oxygen atoms in total. The molecule has 0 aliphatic carbocycles. The third kappa shape index (κ3) is 3.78. The molecule has 0 aromatic heterocycles. The summed E-state index contributed by atoms with van der Waals surface area (Å²) < 4.78 is 11.8. The van der Waals surface area contributed by atoms with Crippen LogP contribution in [0.3, 0.4) is 0 Å². The van der Waals surface area contributed by atoms with Gasteiger partial charge in [-0.25, -0.2) is 4.79 Å². The molecule has 0 atom stereocenters. The van der Waals surface area contributed by atoms with Gasteiger partial charge in [-0.05, 0) is 69.2 Å². The molecule has 0 saturated carbocycles. The zero-order valence-corrected chi connectivity index (χ0v) is 21.0. The number of hydrogen-bond donors (Lipinski definition) is 0. The van der Waals surface area contributed by atoms with Crippen LogP contribution in [-0.2, 0) is 0 Å². The third-order valence-electron chi connectivity index (χ3n) is 7.10. The van der Waals surface area contributed by atoms with Gasteiger partial charge in [-0.15, -0.1) is 0 Å². The van der Waals surface area contributed by atoms with Crippen molar-refractivity contribution in [1.29, 1.82) is 0 Å². The number of aldehydes is 1. The van der Waals surface area contributed by atoms with Crippen LogP contribution < -0.4 is 9.47 Å². The molecular formula is C34H24O4. The van der Waals surface area contributed by atoms with E-state index in [0.717, 1.165) is 44.2 Å². The molecule has 4 heteroatoms. The van der Waals surface area contributed by atoms with Crippen molar-refractivity contribution in [1.82, 2.24) is 0 Å². The minimum atomic E-state index is -0.460. The first-order valence-electron chi connectivity index (χ1n) is 12.4. The molecule has 6 rings (SSSR count). The number of carbonyl (C=O) groups is 2. The third-order valence-corrected chi connectivity index (χ3v) is 7.10. The Morgan fingerprint density at radius 2 is 1.34 bits per heavy atom. The highest BCUT2D eigenvalue weighted by Crippen LogP contribution is 2.42. The van der Waals surface area contributed by atoms with Crippen LogP contribution in [0.2, 0.25) is 0 Å². The van der Waals surface area contributed by atoms with Gasteiger partial charge in [-0.2, -0.15) is 0 Å². The molecule has 184 valence electrons. The Balaban J connectivity index is 1.58. The molecular weight excluding hydrogens is 472 g/mol. The number of ether oxygens (including phenoxy) is 2. The Bertz CT molecular complexity index is 1880. The first-order chi connectivity index (χ1) is 18.6. The quantitative estimate of drug-likeness (QED) is 0.105. The molecule has 6 aromatic carbocycles. The van der Waals surface area contributed by atoms with Crippen molar-refractivity contribution in [2.45, 2.75) is 6.92 Å². The van der Waals surface area contributed by atoms with Crippen molar-refractivity contribution >= 4 is 44.6 Å². The zero-order chi connectivity index (χ0) is 26.2. The van der Waals surface area contributed by atoms with E-state index in [4.69, 9.17) is 9.47 Å². The van der Waals surface area contributed by atoms with Crippen LogP contribution in [0.1, 0.15) is 26.3 Å². The fraction of sp³-hybridized carbons (Fsp3) is 0.0588. The second kappa shape index (κ2) is 9.49. The van der Waals surface area contributed by atoms with Gasteiger partial charge in [-0.1, -0.05) is 78.9 Å². The summed E-state index contributed by atoms with van der Waals surface area (Å²) >= 11 is 0. The normalized spacial score (nSPS) is 11.1. The molecule has 0 amide bonds. The van der Waals surface area contributed by atoms with E-state index in [1.165, 1.54) is 0 Å². The Morgan fingerprint density at radius 3 is 2.16 bits per heavy atom. The predicted molar refractivity (Wildman–Crippen MR) is 152 cm³/mol. The van der Waals surface area contributed by atoms with Gasteiger partial charge < -0.3 is 9.47 Å². The van der Waals surface area contributed by atoms with E-state index in [2.05, 4.69) is 6.07 Å². The van der Waals surface area contributed by atoms with Crippen LogP contribution in [0.5, 0.6) is 11.5 Å². The van der Waals surface area contributed by atoms with Gasteiger partial charge in [0.1, 0.15) is 11.5 Å². The van der Waals surface area contributed by atoms with Crippen molar-refractivity contribution in [3.05, 3.63) is 120 Å². The van der Waals surface area contributed by atoms with Gasteiger partial charge >= 0.3 is 5.97 Å². The fourth-order valence-corrected chi connectivity index (χ4v) is 5.28. The van der Waals surface area contributed by atoms with Gasteiger partial charge in [-0.3, -0.25) is 4.79 Å². The van der Waals surface area contributed by atoms with Gasteiger partial charge in [0.05, 0.1) is 12.7 Å². The summed E-state index contributed by atoms with van der Waals surface area (Å²) in [7, 11) is 1.62. The number of carbonyl (C=O) groups excluding carboxylic acids is 2. The van der Waals surface area contributed by atoms with Crippen molar-refractivity contribution in [2.75, 3.05) is 7.11 Å². The highest BCUT2D eigenvalue weighted by molar-refractivity contribution is 6.17. The first kappa shape index (κ1) is 23.4. The molecule has 0 saturated heterocycles. The van der Waals surface area contributed by atoms with E-state index >= 15 is 0 Å². The number of aryl methyl sites for hydroxylation is 1. The van der Waals surface area contributed by atoms with E-state index in [1.54, 1.807) is 19.2 Å². The Kier molecular flexibility index (Phi) is 5.85. The number of methoxy groups -OCH3 is 1. The molecule has 0 unspecified atom stereocenters. The molecule has 0 bridgehead atoms. The highest BCUT2D eigenvalue weighted by Gasteiger charge is 2.21. The Morgan fingerprint density at radius 1 is 0.658 bits per heavy atom. The van der Waals surface area contributed by atoms with E-state index in [0.29, 0.717) is 33.8 Å². The minimum Gasteiger partial charge on any atom is -0.496 e. The maximum absolute atomic E-state index is 13.9. The monoisotopic (exact) mass is 496 g/mol. The maximum atomic E-state index is 13.9. The number of rotatable bonds is 5. The van der Waals surface area contributed by atoms with Crippen LogP contribution in [0.15, 0.2) is 103 Å². The van der Waals surface area contributed by atoms with Crippen LogP contribution in [-0.4, -0.2) is 19.4 Å². The summed E-state index contributed by atoms with van der Waals surface area (Å²) in [6.45, 7) is 2.04. The van der Waals surface area contributed by atoms with E-state index in [9.17, 15) is 9.59 Å². The molecule has 0 radical (unpaired) electrons. The average Bonchev–Trinajstić information content (AvgIpc) is 2.96. The standard InChI is InChI=1S/C34H24O4/c1-21-9-7-14-25-24-12-5-6-13-26(24)30(19-29(21)25)34(36)38-32-18-17-27-28(15-8-16-31(27)37-2)33(32)23-11-4-3-10-22(23)20-35/h3-20H,1-2H3. The summed E-state index contributed by atoms with van der Waals surface area (Å²) in [5.74, 6) is 0.610. The first-order valence-corrected chi connectivity index (χ1v) is 12.4. The van der Waals surface area contributed by atoms with Gasteiger partial charge in [0.25, 0.3) is 0 Å². The highest BCUT2D eigenvalue weighted by atomic mass is 16.5. The lowest BCUT2D eigenvalue weighted by atomic mass is 9.93.